The number of pyridine rings is 1. The summed E-state index contributed by atoms with van der Waals surface area (Å²) >= 11 is 0. The molecule has 4 heteroatoms. The molecule has 0 radical (unpaired) electrons. The summed E-state index contributed by atoms with van der Waals surface area (Å²) in [5, 5.41) is 6.49. The van der Waals surface area contributed by atoms with Crippen molar-refractivity contribution in [3.8, 4) is 0 Å². The quantitative estimate of drug-likeness (QED) is 0.816. The number of ether oxygens (including phenoxy) is 1. The molecule has 1 fully saturated rings. The standard InChI is InChI=1S/C12H19N3O/c1-9-10(3-4-16-9)6-15-12-5-11(13-2)7-14-8-12/h5,7-10,13,15H,3-4,6H2,1-2H3. The maximum atomic E-state index is 5.53. The monoisotopic (exact) mass is 221 g/mol. The smallest absolute Gasteiger partial charge is 0.0592 e. The predicted molar refractivity (Wildman–Crippen MR) is 65.8 cm³/mol. The molecule has 1 aromatic heterocycles. The van der Waals surface area contributed by atoms with Crippen LogP contribution in [0, 0.1) is 5.92 Å². The van der Waals surface area contributed by atoms with Crippen molar-refractivity contribution in [3.63, 3.8) is 0 Å². The van der Waals surface area contributed by atoms with E-state index >= 15 is 0 Å². The number of rotatable bonds is 4. The molecule has 2 N–H and O–H groups in total. The Kier molecular flexibility index (Phi) is 3.62. The van der Waals surface area contributed by atoms with Gasteiger partial charge in [0.05, 0.1) is 29.9 Å². The van der Waals surface area contributed by atoms with E-state index in [9.17, 15) is 0 Å². The van der Waals surface area contributed by atoms with Crippen molar-refractivity contribution < 1.29 is 4.74 Å². The summed E-state index contributed by atoms with van der Waals surface area (Å²) in [6, 6.07) is 2.06. The van der Waals surface area contributed by atoms with Crippen LogP contribution in [0.25, 0.3) is 0 Å². The molecular formula is C12H19N3O. The molecule has 88 valence electrons. The minimum atomic E-state index is 0.368. The van der Waals surface area contributed by atoms with E-state index < -0.39 is 0 Å². The number of anilines is 2. The molecule has 0 amide bonds. The van der Waals surface area contributed by atoms with E-state index in [4.69, 9.17) is 4.74 Å². The van der Waals surface area contributed by atoms with E-state index in [1.165, 1.54) is 0 Å². The van der Waals surface area contributed by atoms with Crippen LogP contribution in [0.4, 0.5) is 11.4 Å². The van der Waals surface area contributed by atoms with Gasteiger partial charge in [-0.25, -0.2) is 0 Å². The number of hydrogen-bond acceptors (Lipinski definition) is 4. The van der Waals surface area contributed by atoms with Gasteiger partial charge < -0.3 is 15.4 Å². The summed E-state index contributed by atoms with van der Waals surface area (Å²) in [4.78, 5) is 4.16. The minimum Gasteiger partial charge on any atom is -0.387 e. The third-order valence-corrected chi connectivity index (χ3v) is 3.13. The molecule has 16 heavy (non-hydrogen) atoms. The molecule has 4 nitrogen and oxygen atoms in total. The molecular weight excluding hydrogens is 202 g/mol. The van der Waals surface area contributed by atoms with Gasteiger partial charge in [-0.3, -0.25) is 4.98 Å². The summed E-state index contributed by atoms with van der Waals surface area (Å²) in [6.45, 7) is 3.99. The zero-order valence-corrected chi connectivity index (χ0v) is 9.86. The highest BCUT2D eigenvalue weighted by atomic mass is 16.5. The molecule has 2 rings (SSSR count). The van der Waals surface area contributed by atoms with E-state index in [1.807, 2.05) is 19.4 Å². The fourth-order valence-electron chi connectivity index (χ4n) is 1.97. The number of nitrogens with one attached hydrogen (secondary N) is 2. The second-order valence-electron chi connectivity index (χ2n) is 4.22. The number of aromatic nitrogens is 1. The highest BCUT2D eigenvalue weighted by Crippen LogP contribution is 2.21. The first-order valence-corrected chi connectivity index (χ1v) is 5.78. The van der Waals surface area contributed by atoms with E-state index in [-0.39, 0.29) is 0 Å². The molecule has 1 aromatic rings. The Morgan fingerprint density at radius 1 is 1.44 bits per heavy atom. The second kappa shape index (κ2) is 5.16. The Morgan fingerprint density at radius 2 is 2.25 bits per heavy atom. The Labute approximate surface area is 96.4 Å². The third kappa shape index (κ3) is 2.64. The van der Waals surface area contributed by atoms with Crippen molar-refractivity contribution in [2.75, 3.05) is 30.8 Å². The summed E-state index contributed by atoms with van der Waals surface area (Å²) < 4.78 is 5.53. The molecule has 2 atom stereocenters. The Balaban J connectivity index is 1.88. The van der Waals surface area contributed by atoms with E-state index in [1.54, 1.807) is 0 Å². The van der Waals surface area contributed by atoms with Gasteiger partial charge in [0.25, 0.3) is 0 Å². The van der Waals surface area contributed by atoms with Crippen LogP contribution in [0.15, 0.2) is 18.5 Å². The average molecular weight is 221 g/mol. The van der Waals surface area contributed by atoms with Gasteiger partial charge in [-0.2, -0.15) is 0 Å². The molecule has 0 spiro atoms. The van der Waals surface area contributed by atoms with Crippen LogP contribution in [0.3, 0.4) is 0 Å². The van der Waals surface area contributed by atoms with Crippen molar-refractivity contribution in [1.29, 1.82) is 0 Å². The maximum Gasteiger partial charge on any atom is 0.0592 e. The molecule has 0 aromatic carbocycles. The van der Waals surface area contributed by atoms with Crippen molar-refractivity contribution in [2.45, 2.75) is 19.4 Å². The SMILES string of the molecule is CNc1cncc(NCC2CCOC2C)c1. The van der Waals surface area contributed by atoms with Gasteiger partial charge in [-0.15, -0.1) is 0 Å². The summed E-state index contributed by atoms with van der Waals surface area (Å²) in [5.41, 5.74) is 2.09. The zero-order valence-electron chi connectivity index (χ0n) is 9.86. The summed E-state index contributed by atoms with van der Waals surface area (Å²) in [7, 11) is 1.90. The highest BCUT2D eigenvalue weighted by Gasteiger charge is 2.23. The zero-order chi connectivity index (χ0) is 11.4. The van der Waals surface area contributed by atoms with Crippen LogP contribution in [-0.4, -0.2) is 31.3 Å². The van der Waals surface area contributed by atoms with Crippen LogP contribution < -0.4 is 10.6 Å². The Bertz CT molecular complexity index is 343. The van der Waals surface area contributed by atoms with Crippen molar-refractivity contribution in [3.05, 3.63) is 18.5 Å². The molecule has 1 aliphatic rings. The largest absolute Gasteiger partial charge is 0.387 e. The van der Waals surface area contributed by atoms with Gasteiger partial charge in [-0.05, 0) is 19.4 Å². The summed E-state index contributed by atoms with van der Waals surface area (Å²) in [5.74, 6) is 0.609. The Hall–Kier alpha value is -1.29. The number of nitrogens with zero attached hydrogens (tertiary/aromatic N) is 1. The lowest BCUT2D eigenvalue weighted by Crippen LogP contribution is -2.20. The lowest BCUT2D eigenvalue weighted by molar-refractivity contribution is 0.108. The number of hydrogen-bond donors (Lipinski definition) is 2. The fourth-order valence-corrected chi connectivity index (χ4v) is 1.97. The van der Waals surface area contributed by atoms with Gasteiger partial charge in [-0.1, -0.05) is 0 Å². The van der Waals surface area contributed by atoms with Crippen LogP contribution >= 0.6 is 0 Å². The molecule has 0 aliphatic carbocycles. The van der Waals surface area contributed by atoms with Gasteiger partial charge in [0, 0.05) is 26.1 Å². The first kappa shape index (κ1) is 11.2. The first-order chi connectivity index (χ1) is 7.79. The van der Waals surface area contributed by atoms with Crippen LogP contribution in [0.2, 0.25) is 0 Å². The third-order valence-electron chi connectivity index (χ3n) is 3.13. The average Bonchev–Trinajstić information content (AvgIpc) is 2.72. The van der Waals surface area contributed by atoms with E-state index in [2.05, 4.69) is 28.6 Å². The molecule has 1 aliphatic heterocycles. The molecule has 1 saturated heterocycles. The predicted octanol–water partition coefficient (Wildman–Crippen LogP) is 1.96. The highest BCUT2D eigenvalue weighted by molar-refractivity contribution is 5.53. The minimum absolute atomic E-state index is 0.368. The van der Waals surface area contributed by atoms with Crippen molar-refractivity contribution in [2.24, 2.45) is 5.92 Å². The van der Waals surface area contributed by atoms with Gasteiger partial charge >= 0.3 is 0 Å². The van der Waals surface area contributed by atoms with E-state index in [0.717, 1.165) is 30.9 Å². The molecule has 0 saturated carbocycles. The van der Waals surface area contributed by atoms with Gasteiger partial charge in [0.1, 0.15) is 0 Å². The molecule has 2 unspecified atom stereocenters. The fraction of sp³-hybridized carbons (Fsp3) is 0.583. The van der Waals surface area contributed by atoms with Crippen LogP contribution in [0.1, 0.15) is 13.3 Å². The maximum absolute atomic E-state index is 5.53. The van der Waals surface area contributed by atoms with Crippen LogP contribution in [0.5, 0.6) is 0 Å². The topological polar surface area (TPSA) is 46.2 Å². The van der Waals surface area contributed by atoms with Gasteiger partial charge in [0.15, 0.2) is 0 Å². The van der Waals surface area contributed by atoms with Crippen LogP contribution in [-0.2, 0) is 4.74 Å². The van der Waals surface area contributed by atoms with Crippen molar-refractivity contribution in [1.82, 2.24) is 4.98 Å². The summed E-state index contributed by atoms with van der Waals surface area (Å²) in [6.07, 6.45) is 5.18. The lowest BCUT2D eigenvalue weighted by Gasteiger charge is -2.15. The van der Waals surface area contributed by atoms with Gasteiger partial charge in [0.2, 0.25) is 0 Å². The van der Waals surface area contributed by atoms with Crippen molar-refractivity contribution >= 4 is 11.4 Å². The molecule has 0 bridgehead atoms. The van der Waals surface area contributed by atoms with E-state index in [0.29, 0.717) is 12.0 Å². The second-order valence-corrected chi connectivity index (χ2v) is 4.22. The first-order valence-electron chi connectivity index (χ1n) is 5.78. The normalized spacial score (nSPS) is 24.4. The lowest BCUT2D eigenvalue weighted by atomic mass is 10.0. The molecule has 2 heterocycles. The Morgan fingerprint density at radius 3 is 2.94 bits per heavy atom.